The predicted octanol–water partition coefficient (Wildman–Crippen LogP) is 2.64. The molecule has 0 radical (unpaired) electrons. The molecule has 0 aliphatic carbocycles. The Morgan fingerprint density at radius 1 is 1.47 bits per heavy atom. The number of hydrogen-bond acceptors (Lipinski definition) is 5. The van der Waals surface area contributed by atoms with Crippen LogP contribution < -0.4 is 0 Å². The number of carbonyl (C=O) groups excluding carboxylic acids is 2. The molecule has 7 heteroatoms. The standard InChI is InChI=1S/C12H12ClNO5/c1-3-19-12(16)9-5-4-8(11(13)7(2)15)6-10(9)14(17)18/h4-6,11H,3H2,1-2H3. The van der Waals surface area contributed by atoms with Gasteiger partial charge < -0.3 is 4.74 Å². The molecule has 6 nitrogen and oxygen atoms in total. The molecule has 0 saturated carbocycles. The van der Waals surface area contributed by atoms with Crippen LogP contribution in [0.5, 0.6) is 0 Å². The summed E-state index contributed by atoms with van der Waals surface area (Å²) in [6.07, 6.45) is 0. The summed E-state index contributed by atoms with van der Waals surface area (Å²) in [5.41, 5.74) is -0.320. The Hall–Kier alpha value is -1.95. The summed E-state index contributed by atoms with van der Waals surface area (Å²) in [6.45, 7) is 2.99. The largest absolute Gasteiger partial charge is 0.462 e. The van der Waals surface area contributed by atoms with Gasteiger partial charge in [0.2, 0.25) is 0 Å². The molecule has 0 saturated heterocycles. The van der Waals surface area contributed by atoms with Crippen molar-refractivity contribution in [3.05, 3.63) is 39.4 Å². The van der Waals surface area contributed by atoms with Crippen LogP contribution in [-0.4, -0.2) is 23.3 Å². The lowest BCUT2D eigenvalue weighted by atomic mass is 10.0. The van der Waals surface area contributed by atoms with Crippen molar-refractivity contribution < 1.29 is 19.2 Å². The molecule has 0 fully saturated rings. The molecule has 0 aliphatic heterocycles. The molecule has 0 bridgehead atoms. The molecule has 1 aromatic rings. The number of hydrogen-bond donors (Lipinski definition) is 0. The molecular weight excluding hydrogens is 274 g/mol. The fraction of sp³-hybridized carbons (Fsp3) is 0.333. The Morgan fingerprint density at radius 2 is 2.11 bits per heavy atom. The molecule has 0 aromatic heterocycles. The van der Waals surface area contributed by atoms with Crippen molar-refractivity contribution in [3.63, 3.8) is 0 Å². The molecular formula is C12H12ClNO5. The maximum absolute atomic E-state index is 11.6. The normalized spacial score (nSPS) is 11.7. The van der Waals surface area contributed by atoms with Crippen LogP contribution in [0.1, 0.15) is 35.1 Å². The number of rotatable bonds is 5. The second-order valence-corrected chi connectivity index (χ2v) is 4.16. The number of ketones is 1. The molecule has 1 unspecified atom stereocenters. The first kappa shape index (κ1) is 15.1. The van der Waals surface area contributed by atoms with Gasteiger partial charge in [0.15, 0.2) is 5.78 Å². The predicted molar refractivity (Wildman–Crippen MR) is 68.3 cm³/mol. The Bertz CT molecular complexity index is 529. The fourth-order valence-electron chi connectivity index (χ4n) is 1.47. The lowest BCUT2D eigenvalue weighted by molar-refractivity contribution is -0.385. The van der Waals surface area contributed by atoms with Crippen molar-refractivity contribution in [2.75, 3.05) is 6.61 Å². The van der Waals surface area contributed by atoms with E-state index in [4.69, 9.17) is 16.3 Å². The van der Waals surface area contributed by atoms with E-state index in [0.29, 0.717) is 0 Å². The summed E-state index contributed by atoms with van der Waals surface area (Å²) < 4.78 is 4.72. The van der Waals surface area contributed by atoms with Gasteiger partial charge in [-0.1, -0.05) is 6.07 Å². The average molecular weight is 286 g/mol. The number of carbonyl (C=O) groups is 2. The van der Waals surface area contributed by atoms with Crippen LogP contribution in [0.25, 0.3) is 0 Å². The molecule has 0 heterocycles. The maximum atomic E-state index is 11.6. The van der Waals surface area contributed by atoms with Crippen molar-refractivity contribution in [1.29, 1.82) is 0 Å². The highest BCUT2D eigenvalue weighted by Crippen LogP contribution is 2.28. The Labute approximate surface area is 114 Å². The summed E-state index contributed by atoms with van der Waals surface area (Å²) >= 11 is 5.82. The number of alkyl halides is 1. The van der Waals surface area contributed by atoms with Gasteiger partial charge in [0.1, 0.15) is 10.9 Å². The highest BCUT2D eigenvalue weighted by Gasteiger charge is 2.24. The number of esters is 1. The lowest BCUT2D eigenvalue weighted by Gasteiger charge is -2.08. The van der Waals surface area contributed by atoms with Gasteiger partial charge in [-0.05, 0) is 25.5 Å². The zero-order valence-corrected chi connectivity index (χ0v) is 11.1. The fourth-order valence-corrected chi connectivity index (χ4v) is 1.61. The van der Waals surface area contributed by atoms with E-state index in [2.05, 4.69) is 0 Å². The minimum atomic E-state index is -0.977. The van der Waals surface area contributed by atoms with E-state index in [1.165, 1.54) is 19.1 Å². The van der Waals surface area contributed by atoms with Crippen LogP contribution in [0.2, 0.25) is 0 Å². The summed E-state index contributed by atoms with van der Waals surface area (Å²) in [4.78, 5) is 32.9. The van der Waals surface area contributed by atoms with E-state index >= 15 is 0 Å². The second kappa shape index (κ2) is 6.29. The average Bonchev–Trinajstić information content (AvgIpc) is 2.37. The van der Waals surface area contributed by atoms with E-state index in [9.17, 15) is 19.7 Å². The van der Waals surface area contributed by atoms with Crippen molar-refractivity contribution in [2.45, 2.75) is 19.2 Å². The second-order valence-electron chi connectivity index (χ2n) is 3.73. The number of halogens is 1. The van der Waals surface area contributed by atoms with Gasteiger partial charge in [-0.25, -0.2) is 4.79 Å². The Kier molecular flexibility index (Phi) is 5.00. The van der Waals surface area contributed by atoms with Crippen LogP contribution in [0.3, 0.4) is 0 Å². The van der Waals surface area contributed by atoms with Gasteiger partial charge in [0, 0.05) is 6.07 Å². The first-order chi connectivity index (χ1) is 8.88. The minimum absolute atomic E-state index is 0.114. The Balaban J connectivity index is 3.26. The van der Waals surface area contributed by atoms with Crippen molar-refractivity contribution in [1.82, 2.24) is 0 Å². The van der Waals surface area contributed by atoms with E-state index in [0.717, 1.165) is 6.07 Å². The zero-order valence-electron chi connectivity index (χ0n) is 10.4. The summed E-state index contributed by atoms with van der Waals surface area (Å²) in [6, 6.07) is 3.76. The summed E-state index contributed by atoms with van der Waals surface area (Å²) in [5, 5.41) is 9.97. The quantitative estimate of drug-likeness (QED) is 0.359. The molecule has 0 N–H and O–H groups in total. The van der Waals surface area contributed by atoms with Crippen molar-refractivity contribution >= 4 is 29.0 Å². The number of nitro groups is 1. The van der Waals surface area contributed by atoms with Crippen LogP contribution in [0.15, 0.2) is 18.2 Å². The van der Waals surface area contributed by atoms with Crippen LogP contribution >= 0.6 is 11.6 Å². The maximum Gasteiger partial charge on any atom is 0.345 e. The monoisotopic (exact) mass is 285 g/mol. The van der Waals surface area contributed by atoms with Crippen LogP contribution in [0, 0.1) is 10.1 Å². The summed E-state index contributed by atoms with van der Waals surface area (Å²) in [7, 11) is 0. The Morgan fingerprint density at radius 3 is 2.58 bits per heavy atom. The number of nitrogens with zero attached hydrogens (tertiary/aromatic N) is 1. The highest BCUT2D eigenvalue weighted by atomic mass is 35.5. The smallest absolute Gasteiger partial charge is 0.345 e. The van der Waals surface area contributed by atoms with Crippen LogP contribution in [-0.2, 0) is 9.53 Å². The third kappa shape index (κ3) is 3.51. The van der Waals surface area contributed by atoms with Gasteiger partial charge in [-0.3, -0.25) is 14.9 Å². The number of benzene rings is 1. The van der Waals surface area contributed by atoms with E-state index in [1.54, 1.807) is 6.92 Å². The molecule has 1 aromatic carbocycles. The van der Waals surface area contributed by atoms with E-state index in [-0.39, 0.29) is 23.5 Å². The SMILES string of the molecule is CCOC(=O)c1ccc(C(Cl)C(C)=O)cc1[N+](=O)[O-]. The molecule has 0 aliphatic rings. The molecule has 102 valence electrons. The van der Waals surface area contributed by atoms with E-state index < -0.39 is 22.0 Å². The van der Waals surface area contributed by atoms with Crippen molar-refractivity contribution in [2.24, 2.45) is 0 Å². The van der Waals surface area contributed by atoms with E-state index in [1.807, 2.05) is 0 Å². The van der Waals surface area contributed by atoms with Crippen molar-refractivity contribution in [3.8, 4) is 0 Å². The molecule has 19 heavy (non-hydrogen) atoms. The first-order valence-electron chi connectivity index (χ1n) is 5.48. The first-order valence-corrected chi connectivity index (χ1v) is 5.92. The van der Waals surface area contributed by atoms with Gasteiger partial charge in [-0.2, -0.15) is 0 Å². The molecule has 1 rings (SSSR count). The number of Topliss-reactive ketones (excluding diaryl/α,β-unsaturated/α-hetero) is 1. The summed E-state index contributed by atoms with van der Waals surface area (Å²) in [5.74, 6) is -1.12. The van der Waals surface area contributed by atoms with Gasteiger partial charge in [0.05, 0.1) is 11.5 Å². The topological polar surface area (TPSA) is 86.5 Å². The molecule has 1 atom stereocenters. The third-order valence-corrected chi connectivity index (χ3v) is 2.92. The van der Waals surface area contributed by atoms with Crippen LogP contribution in [0.4, 0.5) is 5.69 Å². The lowest BCUT2D eigenvalue weighted by Crippen LogP contribution is -2.09. The number of ether oxygens (including phenoxy) is 1. The molecule has 0 spiro atoms. The molecule has 0 amide bonds. The zero-order chi connectivity index (χ0) is 14.6. The minimum Gasteiger partial charge on any atom is -0.462 e. The van der Waals surface area contributed by atoms with Gasteiger partial charge >= 0.3 is 5.97 Å². The highest BCUT2D eigenvalue weighted by molar-refractivity contribution is 6.30. The van der Waals surface area contributed by atoms with Gasteiger partial charge in [-0.15, -0.1) is 11.6 Å². The van der Waals surface area contributed by atoms with Gasteiger partial charge in [0.25, 0.3) is 5.69 Å². The third-order valence-electron chi connectivity index (χ3n) is 2.36. The number of nitro benzene ring substituents is 1.